The van der Waals surface area contributed by atoms with Gasteiger partial charge < -0.3 is 4.74 Å². The number of rotatable bonds is 3. The summed E-state index contributed by atoms with van der Waals surface area (Å²) in [5.41, 5.74) is -0.641. The lowest BCUT2D eigenvalue weighted by molar-refractivity contribution is 0.110. The zero-order valence-corrected chi connectivity index (χ0v) is 11.0. The average molecular weight is 322 g/mol. The number of alkyl halides is 1. The first-order valence-corrected chi connectivity index (χ1v) is 5.51. The fourth-order valence-corrected chi connectivity index (χ4v) is 1.63. The molecule has 0 aliphatic carbocycles. The second-order valence-electron chi connectivity index (χ2n) is 3.66. The molecule has 0 fully saturated rings. The third-order valence-electron chi connectivity index (χ3n) is 2.07. The van der Waals surface area contributed by atoms with Gasteiger partial charge in [-0.2, -0.15) is 0 Å². The van der Waals surface area contributed by atoms with Gasteiger partial charge in [-0.05, 0) is 32.0 Å². The van der Waals surface area contributed by atoms with Crippen molar-refractivity contribution < 1.29 is 13.9 Å². The standard InChI is InChI=1S/C11H12FIO2/c1-11(2,12)8-6-7(10(13)14)4-5-9(8)15-3/h4-6H,1-3H3. The van der Waals surface area contributed by atoms with Crippen molar-refractivity contribution in [1.29, 1.82) is 0 Å². The number of methoxy groups -OCH3 is 1. The van der Waals surface area contributed by atoms with Gasteiger partial charge in [-0.15, -0.1) is 0 Å². The average Bonchev–Trinajstić information content (AvgIpc) is 2.15. The summed E-state index contributed by atoms with van der Waals surface area (Å²) in [6.07, 6.45) is 0. The second kappa shape index (κ2) is 4.47. The molecule has 1 aromatic rings. The number of hydrogen-bond acceptors (Lipinski definition) is 2. The number of carbonyl (C=O) groups is 1. The van der Waals surface area contributed by atoms with Crippen LogP contribution in [0.25, 0.3) is 0 Å². The molecule has 0 aliphatic heterocycles. The summed E-state index contributed by atoms with van der Waals surface area (Å²) in [5, 5.41) is 0. The molecule has 0 amide bonds. The van der Waals surface area contributed by atoms with Crippen LogP contribution >= 0.6 is 22.6 Å². The van der Waals surface area contributed by atoms with E-state index in [-0.39, 0.29) is 3.79 Å². The van der Waals surface area contributed by atoms with Gasteiger partial charge in [-0.1, -0.05) is 0 Å². The first-order chi connectivity index (χ1) is 6.86. The van der Waals surface area contributed by atoms with Gasteiger partial charge in [0.05, 0.1) is 7.11 Å². The van der Waals surface area contributed by atoms with E-state index >= 15 is 0 Å². The molecule has 0 atom stereocenters. The largest absolute Gasteiger partial charge is 0.496 e. The Hall–Kier alpha value is -0.650. The smallest absolute Gasteiger partial charge is 0.222 e. The molecule has 0 heterocycles. The lowest BCUT2D eigenvalue weighted by Crippen LogP contribution is -2.11. The molecule has 0 bridgehead atoms. The molecule has 0 spiro atoms. The SMILES string of the molecule is COc1ccc(C(=O)I)cc1C(C)(C)F. The Balaban J connectivity index is 3.32. The van der Waals surface area contributed by atoms with Crippen molar-refractivity contribution >= 4 is 26.4 Å². The van der Waals surface area contributed by atoms with Crippen molar-refractivity contribution in [3.63, 3.8) is 0 Å². The van der Waals surface area contributed by atoms with E-state index in [1.165, 1.54) is 27.0 Å². The van der Waals surface area contributed by atoms with Gasteiger partial charge in [0.15, 0.2) is 0 Å². The van der Waals surface area contributed by atoms with E-state index in [0.29, 0.717) is 16.9 Å². The van der Waals surface area contributed by atoms with Gasteiger partial charge >= 0.3 is 0 Å². The summed E-state index contributed by atoms with van der Waals surface area (Å²) in [5.74, 6) is 0.462. The fourth-order valence-electron chi connectivity index (χ4n) is 1.29. The predicted molar refractivity (Wildman–Crippen MR) is 65.5 cm³/mol. The number of halogens is 2. The third-order valence-corrected chi connectivity index (χ3v) is 2.69. The molecule has 0 aliphatic rings. The molecule has 0 saturated heterocycles. The van der Waals surface area contributed by atoms with Crippen LogP contribution in [0.3, 0.4) is 0 Å². The highest BCUT2D eigenvalue weighted by molar-refractivity contribution is 14.1. The molecular formula is C11H12FIO2. The van der Waals surface area contributed by atoms with Crippen molar-refractivity contribution in [1.82, 2.24) is 0 Å². The maximum atomic E-state index is 13.8. The van der Waals surface area contributed by atoms with Gasteiger partial charge in [-0.25, -0.2) is 4.39 Å². The van der Waals surface area contributed by atoms with E-state index in [2.05, 4.69) is 0 Å². The van der Waals surface area contributed by atoms with E-state index in [0.717, 1.165) is 0 Å². The van der Waals surface area contributed by atoms with Gasteiger partial charge in [-0.3, -0.25) is 4.79 Å². The van der Waals surface area contributed by atoms with Crippen LogP contribution in [-0.4, -0.2) is 10.9 Å². The van der Waals surface area contributed by atoms with Gasteiger partial charge in [0.25, 0.3) is 0 Å². The van der Waals surface area contributed by atoms with Crippen molar-refractivity contribution in [2.75, 3.05) is 7.11 Å². The molecular weight excluding hydrogens is 310 g/mol. The zero-order chi connectivity index (χ0) is 11.6. The molecule has 0 unspecified atom stereocenters. The summed E-state index contributed by atoms with van der Waals surface area (Å²) in [6, 6.07) is 4.78. The Morgan fingerprint density at radius 3 is 2.47 bits per heavy atom. The summed E-state index contributed by atoms with van der Waals surface area (Å²) in [7, 11) is 1.48. The summed E-state index contributed by atoms with van der Waals surface area (Å²) in [4.78, 5) is 11.1. The lowest BCUT2D eigenvalue weighted by Gasteiger charge is -2.18. The maximum absolute atomic E-state index is 13.8. The monoisotopic (exact) mass is 322 g/mol. The Morgan fingerprint density at radius 2 is 2.07 bits per heavy atom. The third kappa shape index (κ3) is 2.90. The highest BCUT2D eigenvalue weighted by Crippen LogP contribution is 2.33. The molecule has 82 valence electrons. The molecule has 1 rings (SSSR count). The van der Waals surface area contributed by atoms with Crippen LogP contribution in [0.2, 0.25) is 0 Å². The van der Waals surface area contributed by atoms with Crippen molar-refractivity contribution in [3.05, 3.63) is 29.3 Å². The summed E-state index contributed by atoms with van der Waals surface area (Å²) in [6.45, 7) is 2.87. The molecule has 0 N–H and O–H groups in total. The summed E-state index contributed by atoms with van der Waals surface area (Å²) >= 11 is 1.67. The minimum absolute atomic E-state index is 0.110. The Morgan fingerprint density at radius 1 is 1.47 bits per heavy atom. The molecule has 1 aromatic carbocycles. The van der Waals surface area contributed by atoms with Crippen LogP contribution in [0.1, 0.15) is 29.8 Å². The first kappa shape index (κ1) is 12.4. The molecule has 0 saturated carbocycles. The number of carbonyl (C=O) groups excluding carboxylic acids is 1. The van der Waals surface area contributed by atoms with Crippen LogP contribution in [-0.2, 0) is 5.67 Å². The highest BCUT2D eigenvalue weighted by atomic mass is 127. The van der Waals surface area contributed by atoms with Gasteiger partial charge in [0.2, 0.25) is 3.79 Å². The molecule has 0 radical (unpaired) electrons. The lowest BCUT2D eigenvalue weighted by atomic mass is 9.97. The Bertz CT molecular complexity index is 383. The fraction of sp³-hybridized carbons (Fsp3) is 0.364. The van der Waals surface area contributed by atoms with Gasteiger partial charge in [0.1, 0.15) is 11.4 Å². The minimum Gasteiger partial charge on any atom is -0.496 e. The van der Waals surface area contributed by atoms with Crippen molar-refractivity contribution in [2.45, 2.75) is 19.5 Å². The van der Waals surface area contributed by atoms with E-state index in [4.69, 9.17) is 4.74 Å². The van der Waals surface area contributed by atoms with Gasteiger partial charge in [0, 0.05) is 33.7 Å². The van der Waals surface area contributed by atoms with Crippen LogP contribution in [0.5, 0.6) is 5.75 Å². The zero-order valence-electron chi connectivity index (χ0n) is 8.80. The Labute approximate surface area is 102 Å². The molecule has 2 nitrogen and oxygen atoms in total. The maximum Gasteiger partial charge on any atom is 0.222 e. The quantitative estimate of drug-likeness (QED) is 0.629. The molecule has 4 heteroatoms. The van der Waals surface area contributed by atoms with Crippen molar-refractivity contribution in [3.8, 4) is 5.75 Å². The highest BCUT2D eigenvalue weighted by Gasteiger charge is 2.24. The van der Waals surface area contributed by atoms with Crippen molar-refractivity contribution in [2.24, 2.45) is 0 Å². The van der Waals surface area contributed by atoms with E-state index in [1.54, 1.807) is 34.7 Å². The topological polar surface area (TPSA) is 26.3 Å². The van der Waals surface area contributed by atoms with E-state index in [1.807, 2.05) is 0 Å². The number of benzene rings is 1. The van der Waals surface area contributed by atoms with E-state index < -0.39 is 5.67 Å². The summed E-state index contributed by atoms with van der Waals surface area (Å²) < 4.78 is 18.8. The van der Waals surface area contributed by atoms with Crippen LogP contribution in [0.15, 0.2) is 18.2 Å². The van der Waals surface area contributed by atoms with E-state index in [9.17, 15) is 9.18 Å². The minimum atomic E-state index is -1.52. The molecule has 15 heavy (non-hydrogen) atoms. The number of hydrogen-bond donors (Lipinski definition) is 0. The van der Waals surface area contributed by atoms with Crippen LogP contribution in [0, 0.1) is 0 Å². The molecule has 0 aromatic heterocycles. The predicted octanol–water partition coefficient (Wildman–Crippen LogP) is 3.48. The van der Waals surface area contributed by atoms with Crippen LogP contribution < -0.4 is 4.74 Å². The number of ether oxygens (including phenoxy) is 1. The first-order valence-electron chi connectivity index (χ1n) is 4.43. The van der Waals surface area contributed by atoms with Crippen LogP contribution in [0.4, 0.5) is 4.39 Å². The second-order valence-corrected chi connectivity index (χ2v) is 4.64. The Kier molecular flexibility index (Phi) is 3.70. The normalized spacial score (nSPS) is 11.3.